The number of fused-ring (bicyclic) bond motifs is 1. The second-order valence-corrected chi connectivity index (χ2v) is 9.42. The fraction of sp³-hybridized carbons (Fsp3) is 0.280. The van der Waals surface area contributed by atoms with Crippen LogP contribution in [0.5, 0.6) is 0 Å². The van der Waals surface area contributed by atoms with E-state index in [1.165, 1.54) is 5.56 Å². The minimum atomic E-state index is 0.189. The highest BCUT2D eigenvalue weighted by Gasteiger charge is 2.22. The van der Waals surface area contributed by atoms with Crippen molar-refractivity contribution in [2.45, 2.75) is 12.8 Å². The molecule has 32 heavy (non-hydrogen) atoms. The Kier molecular flexibility index (Phi) is 6.26. The van der Waals surface area contributed by atoms with Crippen LogP contribution in [0, 0.1) is 0 Å². The molecule has 0 aliphatic carbocycles. The number of hydrogen-bond acceptors (Lipinski definition) is 4. The van der Waals surface area contributed by atoms with Crippen LogP contribution in [0.15, 0.2) is 66.2 Å². The second-order valence-electron chi connectivity index (χ2n) is 8.15. The van der Waals surface area contributed by atoms with Crippen LogP contribution in [-0.4, -0.2) is 57.8 Å². The van der Waals surface area contributed by atoms with Gasteiger partial charge in [0.25, 0.3) is 0 Å². The van der Waals surface area contributed by atoms with Gasteiger partial charge in [-0.2, -0.15) is 0 Å². The fourth-order valence-corrected chi connectivity index (χ4v) is 5.13. The van der Waals surface area contributed by atoms with E-state index in [1.807, 2.05) is 45.1 Å². The van der Waals surface area contributed by atoms with Crippen LogP contribution >= 0.6 is 22.9 Å². The molecule has 0 spiro atoms. The predicted molar refractivity (Wildman–Crippen MR) is 130 cm³/mol. The predicted octanol–water partition coefficient (Wildman–Crippen LogP) is 4.65. The molecule has 5 rings (SSSR count). The molecule has 0 saturated carbocycles. The van der Waals surface area contributed by atoms with Gasteiger partial charge < -0.3 is 4.90 Å². The highest BCUT2D eigenvalue weighted by atomic mass is 35.5. The number of rotatable bonds is 6. The maximum atomic E-state index is 13.0. The Morgan fingerprint density at radius 1 is 1.00 bits per heavy atom. The van der Waals surface area contributed by atoms with Crippen LogP contribution in [0.4, 0.5) is 0 Å². The monoisotopic (exact) mass is 464 g/mol. The summed E-state index contributed by atoms with van der Waals surface area (Å²) in [6, 6.07) is 18.3. The molecular formula is C25H25ClN4OS. The van der Waals surface area contributed by atoms with E-state index in [-0.39, 0.29) is 5.91 Å². The number of carbonyl (C=O) groups is 1. The Morgan fingerprint density at radius 3 is 2.50 bits per heavy atom. The molecule has 164 valence electrons. The van der Waals surface area contributed by atoms with Crippen LogP contribution < -0.4 is 0 Å². The summed E-state index contributed by atoms with van der Waals surface area (Å²) in [7, 11) is 0. The smallest absolute Gasteiger partial charge is 0.228 e. The SMILES string of the molecule is O=C(Cc1csc2nc(-c3ccc(Cl)cc3)cn12)N1CCN(CCc2ccccc2)CC1. The summed E-state index contributed by atoms with van der Waals surface area (Å²) in [6.07, 6.45) is 3.47. The van der Waals surface area contributed by atoms with E-state index in [9.17, 15) is 4.79 Å². The van der Waals surface area contributed by atoms with Crippen molar-refractivity contribution in [3.05, 3.63) is 82.5 Å². The number of halogens is 1. The molecule has 1 aliphatic heterocycles. The quantitative estimate of drug-likeness (QED) is 0.417. The summed E-state index contributed by atoms with van der Waals surface area (Å²) in [4.78, 5) is 23.0. The van der Waals surface area contributed by atoms with Gasteiger partial charge in [0.1, 0.15) is 0 Å². The molecule has 1 amide bonds. The molecule has 2 aromatic carbocycles. The summed E-state index contributed by atoms with van der Waals surface area (Å²) < 4.78 is 2.04. The molecule has 0 bridgehead atoms. The normalized spacial score (nSPS) is 14.8. The highest BCUT2D eigenvalue weighted by molar-refractivity contribution is 7.15. The number of imidazole rings is 1. The van der Waals surface area contributed by atoms with Gasteiger partial charge in [-0.3, -0.25) is 14.1 Å². The van der Waals surface area contributed by atoms with Crippen molar-refractivity contribution in [3.63, 3.8) is 0 Å². The number of aromatic nitrogens is 2. The Bertz CT molecular complexity index is 1190. The lowest BCUT2D eigenvalue weighted by Crippen LogP contribution is -2.49. The summed E-state index contributed by atoms with van der Waals surface area (Å²) in [5, 5.41) is 2.75. The summed E-state index contributed by atoms with van der Waals surface area (Å²) in [6.45, 7) is 4.49. The van der Waals surface area contributed by atoms with Crippen molar-refractivity contribution >= 4 is 33.8 Å². The van der Waals surface area contributed by atoms with Crippen molar-refractivity contribution in [2.75, 3.05) is 32.7 Å². The van der Waals surface area contributed by atoms with Crippen LogP contribution in [-0.2, 0) is 17.6 Å². The third-order valence-electron chi connectivity index (χ3n) is 6.04. The molecular weight excluding hydrogens is 440 g/mol. The number of thiazole rings is 1. The zero-order valence-electron chi connectivity index (χ0n) is 17.8. The minimum absolute atomic E-state index is 0.189. The van der Waals surface area contributed by atoms with Gasteiger partial charge in [0.2, 0.25) is 5.91 Å². The van der Waals surface area contributed by atoms with Crippen LogP contribution in [0.25, 0.3) is 16.2 Å². The fourth-order valence-electron chi connectivity index (χ4n) is 4.14. The van der Waals surface area contributed by atoms with Gasteiger partial charge in [0.05, 0.1) is 12.1 Å². The van der Waals surface area contributed by atoms with E-state index < -0.39 is 0 Å². The van der Waals surface area contributed by atoms with Crippen LogP contribution in [0.2, 0.25) is 5.02 Å². The lowest BCUT2D eigenvalue weighted by atomic mass is 10.1. The molecule has 0 unspecified atom stereocenters. The molecule has 1 fully saturated rings. The Labute approximate surface area is 196 Å². The molecule has 0 N–H and O–H groups in total. The average Bonchev–Trinajstić information content (AvgIpc) is 3.41. The van der Waals surface area contributed by atoms with Gasteiger partial charge in [-0.05, 0) is 24.1 Å². The van der Waals surface area contributed by atoms with Gasteiger partial charge in [-0.1, -0.05) is 54.1 Å². The Hall–Kier alpha value is -2.67. The van der Waals surface area contributed by atoms with E-state index in [2.05, 4.69) is 35.2 Å². The molecule has 3 heterocycles. The number of hydrogen-bond donors (Lipinski definition) is 0. The first kappa shape index (κ1) is 21.2. The zero-order valence-corrected chi connectivity index (χ0v) is 19.4. The van der Waals surface area contributed by atoms with E-state index >= 15 is 0 Å². The molecule has 4 aromatic rings. The molecule has 0 atom stereocenters. The number of piperazine rings is 1. The summed E-state index contributed by atoms with van der Waals surface area (Å²) in [5.74, 6) is 0.189. The van der Waals surface area contributed by atoms with Crippen molar-refractivity contribution in [2.24, 2.45) is 0 Å². The molecule has 5 nitrogen and oxygen atoms in total. The van der Waals surface area contributed by atoms with Gasteiger partial charge in [0.15, 0.2) is 4.96 Å². The number of carbonyl (C=O) groups excluding carboxylic acids is 1. The number of benzene rings is 2. The first-order valence-electron chi connectivity index (χ1n) is 10.9. The van der Waals surface area contributed by atoms with Crippen LogP contribution in [0.3, 0.4) is 0 Å². The minimum Gasteiger partial charge on any atom is -0.340 e. The first-order chi connectivity index (χ1) is 15.7. The molecule has 1 saturated heterocycles. The van der Waals surface area contributed by atoms with E-state index in [0.717, 1.165) is 61.1 Å². The average molecular weight is 465 g/mol. The van der Waals surface area contributed by atoms with Crippen LogP contribution in [0.1, 0.15) is 11.3 Å². The molecule has 7 heteroatoms. The number of amides is 1. The zero-order chi connectivity index (χ0) is 21.9. The Balaban J connectivity index is 1.18. The summed E-state index contributed by atoms with van der Waals surface area (Å²) >= 11 is 7.57. The van der Waals surface area contributed by atoms with Gasteiger partial charge >= 0.3 is 0 Å². The van der Waals surface area contributed by atoms with E-state index in [0.29, 0.717) is 11.4 Å². The van der Waals surface area contributed by atoms with Gasteiger partial charge in [-0.25, -0.2) is 4.98 Å². The highest BCUT2D eigenvalue weighted by Crippen LogP contribution is 2.25. The summed E-state index contributed by atoms with van der Waals surface area (Å²) in [5.41, 5.74) is 4.28. The third-order valence-corrected chi connectivity index (χ3v) is 7.18. The largest absolute Gasteiger partial charge is 0.340 e. The molecule has 2 aromatic heterocycles. The topological polar surface area (TPSA) is 40.9 Å². The maximum absolute atomic E-state index is 13.0. The van der Waals surface area contributed by atoms with Crippen molar-refractivity contribution < 1.29 is 4.79 Å². The van der Waals surface area contributed by atoms with E-state index in [1.54, 1.807) is 11.3 Å². The van der Waals surface area contributed by atoms with Gasteiger partial charge in [0, 0.05) is 60.6 Å². The van der Waals surface area contributed by atoms with Crippen molar-refractivity contribution in [1.29, 1.82) is 0 Å². The van der Waals surface area contributed by atoms with Crippen molar-refractivity contribution in [1.82, 2.24) is 19.2 Å². The van der Waals surface area contributed by atoms with Crippen molar-refractivity contribution in [3.8, 4) is 11.3 Å². The third kappa shape index (κ3) is 4.72. The first-order valence-corrected chi connectivity index (χ1v) is 12.2. The standard InChI is InChI=1S/C25H25ClN4OS/c26-21-8-6-20(7-9-21)23-17-30-22(18-32-25(30)27-23)16-24(31)29-14-12-28(13-15-29)11-10-19-4-2-1-3-5-19/h1-9,17-18H,10-16H2. The lowest BCUT2D eigenvalue weighted by Gasteiger charge is -2.34. The maximum Gasteiger partial charge on any atom is 0.228 e. The second kappa shape index (κ2) is 9.45. The number of nitrogens with zero attached hydrogens (tertiary/aromatic N) is 4. The van der Waals surface area contributed by atoms with E-state index in [4.69, 9.17) is 16.6 Å². The Morgan fingerprint density at radius 2 is 1.75 bits per heavy atom. The molecule has 1 aliphatic rings. The molecule has 0 radical (unpaired) electrons. The van der Waals surface area contributed by atoms with Gasteiger partial charge in [-0.15, -0.1) is 11.3 Å². The lowest BCUT2D eigenvalue weighted by molar-refractivity contribution is -0.132.